The highest BCUT2D eigenvalue weighted by atomic mass is 16.1. The van der Waals surface area contributed by atoms with Crippen LogP contribution in [0, 0.1) is 6.92 Å². The second-order valence-electron chi connectivity index (χ2n) is 3.38. The lowest BCUT2D eigenvalue weighted by atomic mass is 10.3. The highest BCUT2D eigenvalue weighted by molar-refractivity contribution is 5.95. The van der Waals surface area contributed by atoms with E-state index < -0.39 is 11.8 Å². The molecule has 0 unspecified atom stereocenters. The van der Waals surface area contributed by atoms with Gasteiger partial charge in [0.15, 0.2) is 0 Å². The fraction of sp³-hybridized carbons (Fsp3) is 0.100. The van der Waals surface area contributed by atoms with Crippen LogP contribution < -0.4 is 11.5 Å². The number of primary amides is 2. The zero-order chi connectivity index (χ0) is 11.9. The second kappa shape index (κ2) is 3.34. The lowest BCUT2D eigenvalue weighted by molar-refractivity contribution is 0.0984. The second-order valence-corrected chi connectivity index (χ2v) is 3.38. The highest BCUT2D eigenvalue weighted by Gasteiger charge is 2.16. The summed E-state index contributed by atoms with van der Waals surface area (Å²) in [5, 5.41) is 0. The molecule has 0 aliphatic carbocycles. The maximum absolute atomic E-state index is 11.2. The molecule has 2 rings (SSSR count). The summed E-state index contributed by atoms with van der Waals surface area (Å²) in [5.74, 6) is -1.21. The van der Waals surface area contributed by atoms with Crippen molar-refractivity contribution in [1.29, 1.82) is 0 Å². The normalized spacial score (nSPS) is 10.6. The number of carbonyl (C=O) groups is 2. The Morgan fingerprint density at radius 2 is 1.94 bits per heavy atom. The molecule has 0 saturated heterocycles. The zero-order valence-electron chi connectivity index (χ0n) is 8.60. The van der Waals surface area contributed by atoms with E-state index in [1.807, 2.05) is 0 Å². The van der Waals surface area contributed by atoms with Crippen LogP contribution in [0.4, 0.5) is 0 Å². The maximum Gasteiger partial charge on any atom is 0.269 e. The number of aromatic nitrogens is 2. The largest absolute Gasteiger partial charge is 0.364 e. The van der Waals surface area contributed by atoms with Gasteiger partial charge in [0, 0.05) is 0 Å². The number of fused-ring (bicyclic) bond motifs is 1. The number of hydrogen-bond acceptors (Lipinski definition) is 3. The molecule has 4 N–H and O–H groups in total. The number of aryl methyl sites for hydroxylation is 1. The summed E-state index contributed by atoms with van der Waals surface area (Å²) in [6.07, 6.45) is 0. The fourth-order valence-electron chi connectivity index (χ4n) is 1.66. The molecular weight excluding hydrogens is 208 g/mol. The Bertz CT molecular complexity index is 600. The predicted octanol–water partition coefficient (Wildman–Crippen LogP) is -0.159. The SMILES string of the molecule is Cc1c(C(N)=O)nc2cccc(C(N)=O)n12. The molecule has 2 aromatic heterocycles. The van der Waals surface area contributed by atoms with Crippen molar-refractivity contribution in [2.24, 2.45) is 11.5 Å². The molecule has 0 spiro atoms. The first-order valence-electron chi connectivity index (χ1n) is 4.60. The first kappa shape index (κ1) is 10.2. The Hall–Kier alpha value is -2.37. The summed E-state index contributed by atoms with van der Waals surface area (Å²) in [6.45, 7) is 1.66. The van der Waals surface area contributed by atoms with Gasteiger partial charge >= 0.3 is 0 Å². The third-order valence-electron chi connectivity index (χ3n) is 2.36. The number of imidazole rings is 1. The van der Waals surface area contributed by atoms with E-state index in [9.17, 15) is 9.59 Å². The topological polar surface area (TPSA) is 103 Å². The number of nitrogens with two attached hydrogens (primary N) is 2. The number of amides is 2. The van der Waals surface area contributed by atoms with E-state index in [2.05, 4.69) is 4.98 Å². The first-order chi connectivity index (χ1) is 7.52. The van der Waals surface area contributed by atoms with Crippen molar-refractivity contribution in [2.45, 2.75) is 6.92 Å². The van der Waals surface area contributed by atoms with E-state index in [4.69, 9.17) is 11.5 Å². The molecule has 0 aliphatic heterocycles. The van der Waals surface area contributed by atoms with Crippen molar-refractivity contribution in [1.82, 2.24) is 9.38 Å². The Labute approximate surface area is 90.9 Å². The molecule has 0 radical (unpaired) electrons. The first-order valence-corrected chi connectivity index (χ1v) is 4.60. The summed E-state index contributed by atoms with van der Waals surface area (Å²) < 4.78 is 1.52. The number of rotatable bonds is 2. The Kier molecular flexibility index (Phi) is 2.12. The minimum atomic E-state index is -0.628. The minimum Gasteiger partial charge on any atom is -0.364 e. The lowest BCUT2D eigenvalue weighted by Crippen LogP contribution is -2.17. The predicted molar refractivity (Wildman–Crippen MR) is 57.0 cm³/mol. The van der Waals surface area contributed by atoms with Crippen molar-refractivity contribution in [3.8, 4) is 0 Å². The maximum atomic E-state index is 11.2. The van der Waals surface area contributed by atoms with Crippen molar-refractivity contribution >= 4 is 17.5 Å². The quantitative estimate of drug-likeness (QED) is 0.731. The van der Waals surface area contributed by atoms with E-state index in [1.165, 1.54) is 4.40 Å². The van der Waals surface area contributed by atoms with Crippen LogP contribution in [-0.4, -0.2) is 21.2 Å². The van der Waals surface area contributed by atoms with E-state index in [1.54, 1.807) is 25.1 Å². The molecule has 6 nitrogen and oxygen atoms in total. The van der Waals surface area contributed by atoms with Crippen molar-refractivity contribution in [3.05, 3.63) is 35.3 Å². The third kappa shape index (κ3) is 1.31. The van der Waals surface area contributed by atoms with Gasteiger partial charge in [0.25, 0.3) is 11.8 Å². The van der Waals surface area contributed by atoms with Gasteiger partial charge in [-0.25, -0.2) is 4.98 Å². The van der Waals surface area contributed by atoms with Crippen LogP contribution in [0.1, 0.15) is 26.7 Å². The molecule has 2 heterocycles. The van der Waals surface area contributed by atoms with Crippen LogP contribution >= 0.6 is 0 Å². The molecule has 0 fully saturated rings. The molecular formula is C10H10N4O2. The number of carbonyl (C=O) groups excluding carboxylic acids is 2. The van der Waals surface area contributed by atoms with Gasteiger partial charge in [-0.3, -0.25) is 14.0 Å². The molecule has 0 bridgehead atoms. The van der Waals surface area contributed by atoms with Gasteiger partial charge in [0.05, 0.1) is 5.69 Å². The Balaban J connectivity index is 2.87. The van der Waals surface area contributed by atoms with Crippen LogP contribution in [0.3, 0.4) is 0 Å². The molecule has 2 aromatic rings. The standard InChI is InChI=1S/C10H10N4O2/c1-5-8(10(12)16)13-7-4-2-3-6(9(11)15)14(5)7/h2-4H,1H3,(H2,11,15)(H2,12,16). The molecule has 0 atom stereocenters. The van der Waals surface area contributed by atoms with Gasteiger partial charge in [0.1, 0.15) is 17.0 Å². The van der Waals surface area contributed by atoms with Gasteiger partial charge in [-0.2, -0.15) is 0 Å². The van der Waals surface area contributed by atoms with E-state index >= 15 is 0 Å². The van der Waals surface area contributed by atoms with Crippen LogP contribution in [0.25, 0.3) is 5.65 Å². The molecule has 16 heavy (non-hydrogen) atoms. The monoisotopic (exact) mass is 218 g/mol. The third-order valence-corrected chi connectivity index (χ3v) is 2.36. The molecule has 2 amide bonds. The van der Waals surface area contributed by atoms with Gasteiger partial charge in [-0.1, -0.05) is 6.07 Å². The minimum absolute atomic E-state index is 0.147. The summed E-state index contributed by atoms with van der Waals surface area (Å²) in [5.41, 5.74) is 11.8. The number of hydrogen-bond donors (Lipinski definition) is 2. The summed E-state index contributed by atoms with van der Waals surface area (Å²) >= 11 is 0. The van der Waals surface area contributed by atoms with Crippen LogP contribution in [0.15, 0.2) is 18.2 Å². The molecule has 6 heteroatoms. The fourth-order valence-corrected chi connectivity index (χ4v) is 1.66. The van der Waals surface area contributed by atoms with Crippen LogP contribution in [0.2, 0.25) is 0 Å². The molecule has 0 aliphatic rings. The number of nitrogens with zero attached hydrogens (tertiary/aromatic N) is 2. The molecule has 82 valence electrons. The average Bonchev–Trinajstić information content (AvgIpc) is 2.56. The smallest absolute Gasteiger partial charge is 0.269 e. The van der Waals surface area contributed by atoms with Crippen molar-refractivity contribution in [2.75, 3.05) is 0 Å². The van der Waals surface area contributed by atoms with E-state index in [0.29, 0.717) is 11.3 Å². The molecule has 0 aromatic carbocycles. The zero-order valence-corrected chi connectivity index (χ0v) is 8.60. The Morgan fingerprint density at radius 1 is 1.25 bits per heavy atom. The van der Waals surface area contributed by atoms with Crippen LogP contribution in [0.5, 0.6) is 0 Å². The summed E-state index contributed by atoms with van der Waals surface area (Å²) in [7, 11) is 0. The van der Waals surface area contributed by atoms with Gasteiger partial charge in [0.2, 0.25) is 0 Å². The Morgan fingerprint density at radius 3 is 2.50 bits per heavy atom. The number of pyridine rings is 1. The van der Waals surface area contributed by atoms with Gasteiger partial charge in [-0.05, 0) is 19.1 Å². The summed E-state index contributed by atoms with van der Waals surface area (Å²) in [6, 6.07) is 4.88. The lowest BCUT2D eigenvalue weighted by Gasteiger charge is -2.02. The van der Waals surface area contributed by atoms with Crippen molar-refractivity contribution < 1.29 is 9.59 Å². The highest BCUT2D eigenvalue weighted by Crippen LogP contribution is 2.14. The van der Waals surface area contributed by atoms with Gasteiger partial charge < -0.3 is 11.5 Å². The van der Waals surface area contributed by atoms with Crippen LogP contribution in [-0.2, 0) is 0 Å². The van der Waals surface area contributed by atoms with E-state index in [0.717, 1.165) is 0 Å². The summed E-state index contributed by atoms with van der Waals surface area (Å²) in [4.78, 5) is 26.3. The van der Waals surface area contributed by atoms with Crippen molar-refractivity contribution in [3.63, 3.8) is 0 Å². The average molecular weight is 218 g/mol. The van der Waals surface area contributed by atoms with Gasteiger partial charge in [-0.15, -0.1) is 0 Å². The molecule has 0 saturated carbocycles. The van der Waals surface area contributed by atoms with E-state index in [-0.39, 0.29) is 11.4 Å².